The van der Waals surface area contributed by atoms with Crippen molar-refractivity contribution in [2.24, 2.45) is 5.73 Å². The van der Waals surface area contributed by atoms with Gasteiger partial charge < -0.3 is 21.4 Å². The number of anilines is 1. The average Bonchev–Trinajstić information content (AvgIpc) is 3.24. The van der Waals surface area contributed by atoms with Crippen molar-refractivity contribution >= 4 is 28.7 Å². The maximum absolute atomic E-state index is 12.9. The lowest BCUT2D eigenvalue weighted by atomic mass is 10.0. The highest BCUT2D eigenvalue weighted by Crippen LogP contribution is 2.45. The molecule has 1 fully saturated rings. The SMILES string of the molecule is C/C=C\N(C(=O)c1nnc[nH]1)[C@H](C)CCc1nc2c(-c3cnc(CN)s3)cnn2c(N)c1C1CC1. The molecule has 0 aliphatic heterocycles. The second kappa shape index (κ2) is 9.55. The zero-order chi connectivity index (χ0) is 24.5. The van der Waals surface area contributed by atoms with E-state index in [-0.39, 0.29) is 17.8 Å². The van der Waals surface area contributed by atoms with Gasteiger partial charge >= 0.3 is 0 Å². The van der Waals surface area contributed by atoms with Crippen molar-refractivity contribution in [2.75, 3.05) is 5.73 Å². The van der Waals surface area contributed by atoms with Crippen LogP contribution in [0.1, 0.15) is 65.9 Å². The summed E-state index contributed by atoms with van der Waals surface area (Å²) in [6.07, 6.45) is 12.2. The van der Waals surface area contributed by atoms with E-state index in [0.29, 0.717) is 36.8 Å². The van der Waals surface area contributed by atoms with Crippen LogP contribution < -0.4 is 11.5 Å². The van der Waals surface area contributed by atoms with Gasteiger partial charge in [0.15, 0.2) is 5.65 Å². The van der Waals surface area contributed by atoms with Crippen molar-refractivity contribution in [3.05, 3.63) is 53.1 Å². The fourth-order valence-electron chi connectivity index (χ4n) is 4.28. The van der Waals surface area contributed by atoms with Crippen LogP contribution in [-0.2, 0) is 13.0 Å². The molecule has 4 heterocycles. The lowest BCUT2D eigenvalue weighted by Crippen LogP contribution is -2.35. The number of allylic oxidation sites excluding steroid dienone is 1. The number of aromatic amines is 1. The highest BCUT2D eigenvalue weighted by atomic mass is 32.1. The van der Waals surface area contributed by atoms with Crippen molar-refractivity contribution in [1.82, 2.24) is 39.7 Å². The Bertz CT molecular complexity index is 1370. The Labute approximate surface area is 206 Å². The van der Waals surface area contributed by atoms with Crippen LogP contribution in [0, 0.1) is 0 Å². The Morgan fingerprint density at radius 3 is 2.89 bits per heavy atom. The number of thiazole rings is 1. The molecule has 0 unspecified atom stereocenters. The summed E-state index contributed by atoms with van der Waals surface area (Å²) in [5.74, 6) is 1.03. The van der Waals surface area contributed by atoms with E-state index in [1.54, 1.807) is 21.8 Å². The first-order chi connectivity index (χ1) is 17.0. The summed E-state index contributed by atoms with van der Waals surface area (Å²) in [6, 6.07) is -0.0897. The number of aromatic nitrogens is 7. The number of nitrogens with zero attached hydrogens (tertiary/aromatic N) is 7. The van der Waals surface area contributed by atoms with Gasteiger partial charge in [-0.05, 0) is 45.4 Å². The Morgan fingerprint density at radius 2 is 2.23 bits per heavy atom. The van der Waals surface area contributed by atoms with Crippen molar-refractivity contribution < 1.29 is 4.79 Å². The Balaban J connectivity index is 1.46. The maximum atomic E-state index is 12.9. The van der Waals surface area contributed by atoms with Crippen molar-refractivity contribution in [3.8, 4) is 10.4 Å². The molecule has 0 spiro atoms. The number of fused-ring (bicyclic) bond motifs is 1. The number of nitrogens with one attached hydrogen (secondary N) is 1. The third kappa shape index (κ3) is 4.42. The Hall–Kier alpha value is -3.64. The van der Waals surface area contributed by atoms with Gasteiger partial charge in [0.1, 0.15) is 17.2 Å². The van der Waals surface area contributed by atoms with Gasteiger partial charge in [-0.1, -0.05) is 6.08 Å². The molecule has 182 valence electrons. The van der Waals surface area contributed by atoms with Crippen molar-refractivity contribution in [3.63, 3.8) is 0 Å². The highest BCUT2D eigenvalue weighted by Gasteiger charge is 2.32. The molecule has 0 bridgehead atoms. The Morgan fingerprint density at radius 1 is 1.40 bits per heavy atom. The van der Waals surface area contributed by atoms with Gasteiger partial charge in [-0.25, -0.2) is 9.97 Å². The zero-order valence-electron chi connectivity index (χ0n) is 19.7. The molecule has 1 atom stereocenters. The third-order valence-corrected chi connectivity index (χ3v) is 7.27. The minimum absolute atomic E-state index is 0.0897. The van der Waals surface area contributed by atoms with E-state index < -0.39 is 0 Å². The van der Waals surface area contributed by atoms with Gasteiger partial charge in [0.2, 0.25) is 5.82 Å². The summed E-state index contributed by atoms with van der Waals surface area (Å²) in [6.45, 7) is 4.29. The van der Waals surface area contributed by atoms with Gasteiger partial charge in [-0.2, -0.15) is 9.61 Å². The summed E-state index contributed by atoms with van der Waals surface area (Å²) < 4.78 is 1.73. The van der Waals surface area contributed by atoms with Crippen LogP contribution in [0.5, 0.6) is 0 Å². The molecule has 0 radical (unpaired) electrons. The number of hydrogen-bond acceptors (Lipinski definition) is 9. The molecule has 12 heteroatoms. The normalized spacial score (nSPS) is 14.7. The standard InChI is InChI=1S/C23H28N10OS/c1-3-8-32(23(34)21-27-12-28-31-21)13(2)4-7-16-19(14-5-6-14)20(25)33-22(30-16)15(10-29-33)17-11-26-18(9-24)35-17/h3,8,10-14H,4-7,9,24-25H2,1-2H3,(H,27,28,31)/b8-3-/t13-/m1/s1. The van der Waals surface area contributed by atoms with Crippen LogP contribution in [0.4, 0.5) is 5.82 Å². The molecule has 35 heavy (non-hydrogen) atoms. The molecule has 0 aromatic carbocycles. The molecule has 5 rings (SSSR count). The van der Waals surface area contributed by atoms with Crippen molar-refractivity contribution in [1.29, 1.82) is 0 Å². The fraction of sp³-hybridized carbons (Fsp3) is 0.391. The van der Waals surface area contributed by atoms with Gasteiger partial charge in [0.05, 0.1) is 22.3 Å². The molecule has 1 amide bonds. The molecule has 1 aliphatic rings. The van der Waals surface area contributed by atoms with E-state index in [1.165, 1.54) is 17.7 Å². The van der Waals surface area contributed by atoms with Gasteiger partial charge in [-0.15, -0.1) is 21.5 Å². The second-order valence-electron chi connectivity index (χ2n) is 8.67. The molecular weight excluding hydrogens is 464 g/mol. The summed E-state index contributed by atoms with van der Waals surface area (Å²) in [5, 5.41) is 13.0. The van der Waals surface area contributed by atoms with E-state index >= 15 is 0 Å². The molecular formula is C23H28N10OS. The number of amides is 1. The van der Waals surface area contributed by atoms with Crippen LogP contribution in [0.2, 0.25) is 0 Å². The topological polar surface area (TPSA) is 157 Å². The van der Waals surface area contributed by atoms with E-state index in [9.17, 15) is 4.79 Å². The summed E-state index contributed by atoms with van der Waals surface area (Å²) in [4.78, 5) is 27.8. The molecule has 4 aromatic heterocycles. The monoisotopic (exact) mass is 492 g/mol. The summed E-state index contributed by atoms with van der Waals surface area (Å²) in [7, 11) is 0. The number of hydrogen-bond donors (Lipinski definition) is 3. The minimum atomic E-state index is -0.225. The average molecular weight is 493 g/mol. The van der Waals surface area contributed by atoms with Crippen LogP contribution in [0.3, 0.4) is 0 Å². The van der Waals surface area contributed by atoms with Crippen molar-refractivity contribution in [2.45, 2.75) is 58.0 Å². The predicted molar refractivity (Wildman–Crippen MR) is 134 cm³/mol. The first-order valence-electron chi connectivity index (χ1n) is 11.6. The number of rotatable bonds is 9. The largest absolute Gasteiger partial charge is 0.383 e. The Kier molecular flexibility index (Phi) is 6.31. The number of carbonyl (C=O) groups excluding carboxylic acids is 1. The van der Waals surface area contributed by atoms with E-state index in [0.717, 1.165) is 39.5 Å². The van der Waals surface area contributed by atoms with E-state index in [2.05, 4.69) is 25.3 Å². The first-order valence-corrected chi connectivity index (χ1v) is 12.5. The minimum Gasteiger partial charge on any atom is -0.383 e. The quantitative estimate of drug-likeness (QED) is 0.322. The third-order valence-electron chi connectivity index (χ3n) is 6.22. The first kappa shape index (κ1) is 23.1. The van der Waals surface area contributed by atoms with Gasteiger partial charge in [0.25, 0.3) is 5.91 Å². The smallest absolute Gasteiger partial charge is 0.295 e. The van der Waals surface area contributed by atoms with Crippen LogP contribution in [0.25, 0.3) is 16.1 Å². The van der Waals surface area contributed by atoms with E-state index in [1.807, 2.05) is 26.1 Å². The molecule has 0 saturated heterocycles. The van der Waals surface area contributed by atoms with Crippen LogP contribution in [0.15, 0.2) is 31.0 Å². The lowest BCUT2D eigenvalue weighted by molar-refractivity contribution is 0.0761. The fourth-order valence-corrected chi connectivity index (χ4v) is 5.08. The number of nitrogens with two attached hydrogens (primary N) is 2. The molecule has 1 aliphatic carbocycles. The van der Waals surface area contributed by atoms with Gasteiger partial charge in [0, 0.05) is 30.5 Å². The highest BCUT2D eigenvalue weighted by molar-refractivity contribution is 7.15. The number of H-pyrrole nitrogens is 1. The molecule has 11 nitrogen and oxygen atoms in total. The zero-order valence-corrected chi connectivity index (χ0v) is 20.5. The maximum Gasteiger partial charge on any atom is 0.295 e. The van der Waals surface area contributed by atoms with E-state index in [4.69, 9.17) is 16.5 Å². The van der Waals surface area contributed by atoms with Crippen LogP contribution >= 0.6 is 11.3 Å². The summed E-state index contributed by atoms with van der Waals surface area (Å²) in [5.41, 5.74) is 16.0. The summed E-state index contributed by atoms with van der Waals surface area (Å²) >= 11 is 1.53. The van der Waals surface area contributed by atoms with Crippen LogP contribution in [-0.4, -0.2) is 51.6 Å². The number of carbonyl (C=O) groups is 1. The molecule has 1 saturated carbocycles. The lowest BCUT2D eigenvalue weighted by Gasteiger charge is -2.25. The number of nitrogen functional groups attached to an aromatic ring is 1. The predicted octanol–water partition coefficient (Wildman–Crippen LogP) is 2.89. The number of aryl methyl sites for hydroxylation is 1. The molecule has 4 aromatic rings. The van der Waals surface area contributed by atoms with Gasteiger partial charge in [-0.3, -0.25) is 4.79 Å². The molecule has 5 N–H and O–H groups in total. The second-order valence-corrected chi connectivity index (χ2v) is 9.78.